The van der Waals surface area contributed by atoms with E-state index in [1.54, 1.807) is 17.9 Å². The van der Waals surface area contributed by atoms with Crippen LogP contribution in [0.25, 0.3) is 11.3 Å². The fraction of sp³-hybridized carbons (Fsp3) is 0.350. The van der Waals surface area contributed by atoms with Gasteiger partial charge in [-0.25, -0.2) is 18.1 Å². The molecule has 2 aromatic heterocycles. The predicted octanol–water partition coefficient (Wildman–Crippen LogP) is 3.24. The number of ether oxygens (including phenoxy) is 1. The van der Waals surface area contributed by atoms with Crippen molar-refractivity contribution < 1.29 is 17.9 Å². The number of aromatic nitrogens is 3. The third-order valence-electron chi connectivity index (χ3n) is 4.96. The second kappa shape index (κ2) is 7.84. The molecule has 1 saturated heterocycles. The van der Waals surface area contributed by atoms with Gasteiger partial charge in [0.15, 0.2) is 9.84 Å². The fourth-order valence-electron chi connectivity index (χ4n) is 3.56. The molecule has 0 bridgehead atoms. The molecular formula is C20H22N4O4S2. The summed E-state index contributed by atoms with van der Waals surface area (Å²) in [5, 5.41) is 8.11. The van der Waals surface area contributed by atoms with Crippen molar-refractivity contribution in [2.75, 3.05) is 23.9 Å². The lowest BCUT2D eigenvalue weighted by Gasteiger charge is -2.13. The molecule has 158 valence electrons. The Hall–Kier alpha value is -2.72. The first-order valence-corrected chi connectivity index (χ1v) is 12.1. The van der Waals surface area contributed by atoms with Gasteiger partial charge in [0, 0.05) is 11.6 Å². The van der Waals surface area contributed by atoms with Crippen LogP contribution in [0.1, 0.15) is 32.8 Å². The van der Waals surface area contributed by atoms with Gasteiger partial charge in [0.1, 0.15) is 16.4 Å². The largest absolute Gasteiger partial charge is 0.497 e. The van der Waals surface area contributed by atoms with Crippen LogP contribution in [0.3, 0.4) is 0 Å². The number of methoxy groups -OCH3 is 1. The zero-order valence-corrected chi connectivity index (χ0v) is 18.5. The molecule has 1 amide bonds. The molecule has 1 aliphatic rings. The first-order chi connectivity index (χ1) is 14.3. The van der Waals surface area contributed by atoms with Crippen LogP contribution in [0.2, 0.25) is 0 Å². The van der Waals surface area contributed by atoms with Gasteiger partial charge in [0.05, 0.1) is 41.1 Å². The van der Waals surface area contributed by atoms with Gasteiger partial charge in [0.25, 0.3) is 5.91 Å². The summed E-state index contributed by atoms with van der Waals surface area (Å²) in [6, 6.07) is 8.85. The van der Waals surface area contributed by atoms with E-state index in [4.69, 9.17) is 4.74 Å². The Morgan fingerprint density at radius 2 is 2.00 bits per heavy atom. The highest BCUT2D eigenvalue weighted by atomic mass is 32.2. The van der Waals surface area contributed by atoms with E-state index in [-0.39, 0.29) is 23.5 Å². The van der Waals surface area contributed by atoms with Gasteiger partial charge in [0.2, 0.25) is 0 Å². The van der Waals surface area contributed by atoms with Crippen molar-refractivity contribution in [1.29, 1.82) is 0 Å². The van der Waals surface area contributed by atoms with Crippen LogP contribution < -0.4 is 10.1 Å². The molecular weight excluding hydrogens is 424 g/mol. The van der Waals surface area contributed by atoms with Crippen LogP contribution in [0.4, 0.5) is 5.82 Å². The summed E-state index contributed by atoms with van der Waals surface area (Å²) in [5.41, 5.74) is 2.13. The summed E-state index contributed by atoms with van der Waals surface area (Å²) in [6.07, 6.45) is 0.489. The Balaban J connectivity index is 1.63. The number of thiazole rings is 1. The molecule has 1 aromatic carbocycles. The number of nitrogens with one attached hydrogen (secondary N) is 1. The number of amides is 1. The van der Waals surface area contributed by atoms with Gasteiger partial charge < -0.3 is 10.1 Å². The van der Waals surface area contributed by atoms with Crippen LogP contribution >= 0.6 is 11.3 Å². The number of hydrogen-bond acceptors (Lipinski definition) is 7. The van der Waals surface area contributed by atoms with Crippen LogP contribution in [0.15, 0.2) is 30.3 Å². The van der Waals surface area contributed by atoms with Crippen molar-refractivity contribution in [2.24, 2.45) is 0 Å². The molecule has 0 spiro atoms. The van der Waals surface area contributed by atoms with Crippen molar-refractivity contribution in [3.63, 3.8) is 0 Å². The normalized spacial score (nSPS) is 17.8. The second-order valence-corrected chi connectivity index (χ2v) is 10.7. The van der Waals surface area contributed by atoms with Gasteiger partial charge in [-0.3, -0.25) is 4.79 Å². The summed E-state index contributed by atoms with van der Waals surface area (Å²) >= 11 is 1.31. The minimum atomic E-state index is -3.07. The van der Waals surface area contributed by atoms with Gasteiger partial charge in [-0.15, -0.1) is 11.3 Å². The third kappa shape index (κ3) is 4.10. The maximum Gasteiger partial charge on any atom is 0.269 e. The number of sulfone groups is 1. The molecule has 10 heteroatoms. The van der Waals surface area contributed by atoms with E-state index in [2.05, 4.69) is 15.4 Å². The van der Waals surface area contributed by atoms with Gasteiger partial charge >= 0.3 is 0 Å². The number of rotatable bonds is 5. The van der Waals surface area contributed by atoms with Gasteiger partial charge in [-0.1, -0.05) is 0 Å². The molecule has 30 heavy (non-hydrogen) atoms. The molecule has 0 aliphatic carbocycles. The fourth-order valence-corrected chi connectivity index (χ4v) is 6.08. The highest BCUT2D eigenvalue weighted by molar-refractivity contribution is 7.91. The molecule has 1 fully saturated rings. The Morgan fingerprint density at radius 1 is 1.27 bits per heavy atom. The molecule has 4 rings (SSSR count). The number of carbonyl (C=O) groups excluding carboxylic acids is 1. The summed E-state index contributed by atoms with van der Waals surface area (Å²) in [6.45, 7) is 3.67. The molecule has 3 heterocycles. The Labute approximate surface area is 178 Å². The smallest absolute Gasteiger partial charge is 0.269 e. The number of benzene rings is 1. The number of carbonyl (C=O) groups is 1. The van der Waals surface area contributed by atoms with Gasteiger partial charge in [-0.05, 0) is 44.5 Å². The van der Waals surface area contributed by atoms with Crippen LogP contribution in [0.5, 0.6) is 5.75 Å². The van der Waals surface area contributed by atoms with Crippen LogP contribution in [-0.2, 0) is 9.84 Å². The van der Waals surface area contributed by atoms with E-state index in [1.165, 1.54) is 11.3 Å². The number of aryl methyl sites for hydroxylation is 2. The zero-order chi connectivity index (χ0) is 21.5. The quantitative estimate of drug-likeness (QED) is 0.645. The Morgan fingerprint density at radius 3 is 2.63 bits per heavy atom. The van der Waals surface area contributed by atoms with Crippen LogP contribution in [0, 0.1) is 13.8 Å². The van der Waals surface area contributed by atoms with Crippen molar-refractivity contribution >= 4 is 32.9 Å². The Kier molecular flexibility index (Phi) is 5.37. The zero-order valence-electron chi connectivity index (χ0n) is 16.9. The lowest BCUT2D eigenvalue weighted by atomic mass is 10.1. The van der Waals surface area contributed by atoms with E-state index in [0.29, 0.717) is 28.5 Å². The molecule has 3 aromatic rings. The lowest BCUT2D eigenvalue weighted by molar-refractivity contribution is 0.102. The summed E-state index contributed by atoms with van der Waals surface area (Å²) < 4.78 is 30.6. The summed E-state index contributed by atoms with van der Waals surface area (Å²) in [7, 11) is -1.47. The van der Waals surface area contributed by atoms with Crippen molar-refractivity contribution in [2.45, 2.75) is 26.3 Å². The molecule has 0 unspecified atom stereocenters. The minimum Gasteiger partial charge on any atom is -0.497 e. The average Bonchev–Trinajstić information content (AvgIpc) is 3.38. The SMILES string of the molecule is COc1ccc(-c2nc(C)sc2C(=O)Nc2cc(C)nn2[C@H]2CCS(=O)(=O)C2)cc1. The van der Waals surface area contributed by atoms with Crippen LogP contribution in [-0.4, -0.2) is 47.7 Å². The minimum absolute atomic E-state index is 0.0355. The van der Waals surface area contributed by atoms with E-state index in [0.717, 1.165) is 16.3 Å². The molecule has 8 nitrogen and oxygen atoms in total. The molecule has 0 radical (unpaired) electrons. The standard InChI is InChI=1S/C20H22N4O4S2/c1-12-10-17(24(23-12)15-8-9-30(26,27)11-15)22-20(25)19-18(21-13(2)29-19)14-4-6-16(28-3)7-5-14/h4-7,10,15H,8-9,11H2,1-3H3,(H,22,25)/t15-/m0/s1. The molecule has 1 aliphatic heterocycles. The summed E-state index contributed by atoms with van der Waals surface area (Å²) in [5.74, 6) is 1.09. The van der Waals surface area contributed by atoms with E-state index in [9.17, 15) is 13.2 Å². The van der Waals surface area contributed by atoms with E-state index in [1.807, 2.05) is 38.1 Å². The molecule has 0 saturated carbocycles. The number of hydrogen-bond donors (Lipinski definition) is 1. The highest BCUT2D eigenvalue weighted by Crippen LogP contribution is 2.31. The molecule has 1 atom stereocenters. The van der Waals surface area contributed by atoms with Crippen molar-refractivity contribution in [3.05, 3.63) is 45.9 Å². The molecule has 1 N–H and O–H groups in total. The topological polar surface area (TPSA) is 103 Å². The Bertz CT molecular complexity index is 1200. The monoisotopic (exact) mass is 446 g/mol. The average molecular weight is 447 g/mol. The third-order valence-corrected chi connectivity index (χ3v) is 7.68. The van der Waals surface area contributed by atoms with Crippen molar-refractivity contribution in [1.82, 2.24) is 14.8 Å². The lowest BCUT2D eigenvalue weighted by Crippen LogP contribution is -2.19. The van der Waals surface area contributed by atoms with E-state index < -0.39 is 9.84 Å². The van der Waals surface area contributed by atoms with Gasteiger partial charge in [-0.2, -0.15) is 5.10 Å². The summed E-state index contributed by atoms with van der Waals surface area (Å²) in [4.78, 5) is 18.2. The second-order valence-electron chi connectivity index (χ2n) is 7.27. The maximum absolute atomic E-state index is 13.1. The first kappa shape index (κ1) is 20.5. The highest BCUT2D eigenvalue weighted by Gasteiger charge is 2.31. The number of anilines is 1. The maximum atomic E-state index is 13.1. The van der Waals surface area contributed by atoms with Crippen molar-refractivity contribution in [3.8, 4) is 17.0 Å². The first-order valence-electron chi connectivity index (χ1n) is 9.45. The van der Waals surface area contributed by atoms with E-state index >= 15 is 0 Å². The number of nitrogens with zero attached hydrogens (tertiary/aromatic N) is 3. The predicted molar refractivity (Wildman–Crippen MR) is 116 cm³/mol.